The Bertz CT molecular complexity index is 688. The summed E-state index contributed by atoms with van der Waals surface area (Å²) in [5.74, 6) is 1.64. The van der Waals surface area contributed by atoms with Crippen molar-refractivity contribution in [1.29, 1.82) is 0 Å². The molecule has 3 rings (SSSR count). The minimum atomic E-state index is 0.581. The molecule has 3 aromatic rings. The number of rotatable bonds is 4. The highest BCUT2D eigenvalue weighted by atomic mass is 32.1. The van der Waals surface area contributed by atoms with Crippen LogP contribution >= 0.6 is 11.3 Å². The maximum Gasteiger partial charge on any atom is 0.123 e. The first-order chi connectivity index (χ1) is 9.36. The molecule has 1 aromatic heterocycles. The summed E-state index contributed by atoms with van der Waals surface area (Å²) in [4.78, 5) is 0. The molecule has 0 aliphatic rings. The Morgan fingerprint density at radius 1 is 1.00 bits per heavy atom. The Morgan fingerprint density at radius 3 is 2.74 bits per heavy atom. The molecule has 0 aliphatic heterocycles. The van der Waals surface area contributed by atoms with E-state index in [2.05, 4.69) is 29.6 Å². The molecule has 0 N–H and O–H groups in total. The molecule has 3 heteroatoms. The van der Waals surface area contributed by atoms with Crippen LogP contribution in [0.4, 0.5) is 0 Å². The van der Waals surface area contributed by atoms with Crippen molar-refractivity contribution >= 4 is 21.4 Å². The summed E-state index contributed by atoms with van der Waals surface area (Å²) in [7, 11) is 1.66. The Balaban J connectivity index is 1.78. The first-order valence-corrected chi connectivity index (χ1v) is 6.97. The van der Waals surface area contributed by atoms with Crippen molar-refractivity contribution < 1.29 is 9.47 Å². The van der Waals surface area contributed by atoms with Gasteiger partial charge in [-0.3, -0.25) is 0 Å². The topological polar surface area (TPSA) is 18.5 Å². The molecule has 2 nitrogen and oxygen atoms in total. The molecule has 96 valence electrons. The fraction of sp³-hybridized carbons (Fsp3) is 0.125. The van der Waals surface area contributed by atoms with Gasteiger partial charge in [-0.05, 0) is 29.0 Å². The van der Waals surface area contributed by atoms with E-state index in [1.165, 1.54) is 15.6 Å². The number of fused-ring (bicyclic) bond motifs is 1. The molecule has 0 spiro atoms. The van der Waals surface area contributed by atoms with E-state index in [0.29, 0.717) is 6.61 Å². The molecule has 0 saturated carbocycles. The molecule has 0 amide bonds. The second kappa shape index (κ2) is 5.33. The van der Waals surface area contributed by atoms with Gasteiger partial charge < -0.3 is 9.47 Å². The highest BCUT2D eigenvalue weighted by molar-refractivity contribution is 7.17. The third-order valence-electron chi connectivity index (χ3n) is 3.00. The van der Waals surface area contributed by atoms with E-state index in [-0.39, 0.29) is 0 Å². The van der Waals surface area contributed by atoms with Crippen LogP contribution in [0.3, 0.4) is 0 Å². The van der Waals surface area contributed by atoms with Crippen molar-refractivity contribution in [3.05, 3.63) is 59.5 Å². The maximum atomic E-state index is 5.83. The van der Waals surface area contributed by atoms with Crippen LogP contribution in [0, 0.1) is 0 Å². The van der Waals surface area contributed by atoms with E-state index in [1.807, 2.05) is 24.3 Å². The lowest BCUT2D eigenvalue weighted by atomic mass is 10.2. The Morgan fingerprint density at radius 2 is 1.84 bits per heavy atom. The highest BCUT2D eigenvalue weighted by Gasteiger charge is 2.04. The van der Waals surface area contributed by atoms with Crippen LogP contribution < -0.4 is 9.47 Å². The number of thiophene rings is 1. The lowest BCUT2D eigenvalue weighted by Gasteiger charge is -2.07. The maximum absolute atomic E-state index is 5.83. The second-order valence-corrected chi connectivity index (χ2v) is 5.14. The van der Waals surface area contributed by atoms with Gasteiger partial charge in [0.05, 0.1) is 7.11 Å². The number of methoxy groups -OCH3 is 1. The van der Waals surface area contributed by atoms with Gasteiger partial charge in [-0.2, -0.15) is 0 Å². The molecule has 0 fully saturated rings. The molecule has 0 saturated heterocycles. The van der Waals surface area contributed by atoms with Crippen molar-refractivity contribution in [2.75, 3.05) is 7.11 Å². The summed E-state index contributed by atoms with van der Waals surface area (Å²) in [5, 5.41) is 3.43. The Labute approximate surface area is 116 Å². The van der Waals surface area contributed by atoms with Crippen LogP contribution in [0.1, 0.15) is 5.56 Å². The van der Waals surface area contributed by atoms with Gasteiger partial charge in [0.1, 0.15) is 18.1 Å². The molecule has 1 heterocycles. The fourth-order valence-corrected chi connectivity index (χ4v) is 2.94. The van der Waals surface area contributed by atoms with Gasteiger partial charge in [0.2, 0.25) is 0 Å². The molecule has 19 heavy (non-hydrogen) atoms. The summed E-state index contributed by atoms with van der Waals surface area (Å²) in [5.41, 5.74) is 1.23. The van der Waals surface area contributed by atoms with Gasteiger partial charge >= 0.3 is 0 Å². The smallest absolute Gasteiger partial charge is 0.123 e. The largest absolute Gasteiger partial charge is 0.497 e. The number of hydrogen-bond donors (Lipinski definition) is 0. The lowest BCUT2D eigenvalue weighted by molar-refractivity contribution is 0.305. The highest BCUT2D eigenvalue weighted by Crippen LogP contribution is 2.27. The van der Waals surface area contributed by atoms with Crippen LogP contribution in [0.5, 0.6) is 11.5 Å². The summed E-state index contributed by atoms with van der Waals surface area (Å²) < 4.78 is 12.3. The van der Waals surface area contributed by atoms with E-state index in [4.69, 9.17) is 9.47 Å². The van der Waals surface area contributed by atoms with Gasteiger partial charge in [0.15, 0.2) is 0 Å². The van der Waals surface area contributed by atoms with E-state index >= 15 is 0 Å². The van der Waals surface area contributed by atoms with Gasteiger partial charge in [0.25, 0.3) is 0 Å². The van der Waals surface area contributed by atoms with E-state index < -0.39 is 0 Å². The van der Waals surface area contributed by atoms with Crippen LogP contribution in [-0.4, -0.2) is 7.11 Å². The first kappa shape index (κ1) is 12.1. The van der Waals surface area contributed by atoms with Crippen LogP contribution in [-0.2, 0) is 6.61 Å². The van der Waals surface area contributed by atoms with E-state index in [1.54, 1.807) is 18.4 Å². The first-order valence-electron chi connectivity index (χ1n) is 6.09. The predicted molar refractivity (Wildman–Crippen MR) is 79.2 cm³/mol. The number of ether oxygens (including phenoxy) is 2. The van der Waals surface area contributed by atoms with Gasteiger partial charge in [-0.1, -0.05) is 24.3 Å². The van der Waals surface area contributed by atoms with Crippen LogP contribution in [0.15, 0.2) is 53.9 Å². The minimum Gasteiger partial charge on any atom is -0.497 e. The number of hydrogen-bond acceptors (Lipinski definition) is 3. The summed E-state index contributed by atoms with van der Waals surface area (Å²) >= 11 is 1.75. The summed E-state index contributed by atoms with van der Waals surface area (Å²) in [6.07, 6.45) is 0. The normalized spacial score (nSPS) is 10.6. The molecule has 0 aliphatic carbocycles. The standard InChI is InChI=1S/C16H14O2S/c1-17-13-5-4-6-14(9-13)18-10-12-11-19-16-8-3-2-7-15(12)16/h2-9,11H,10H2,1H3. The van der Waals surface area contributed by atoms with E-state index in [9.17, 15) is 0 Å². The minimum absolute atomic E-state index is 0.581. The SMILES string of the molecule is COc1cccc(OCc2csc3ccccc23)c1. The zero-order valence-electron chi connectivity index (χ0n) is 10.6. The second-order valence-electron chi connectivity index (χ2n) is 4.22. The van der Waals surface area contributed by atoms with Crippen molar-refractivity contribution in [3.8, 4) is 11.5 Å². The molecule has 0 bridgehead atoms. The predicted octanol–water partition coefficient (Wildman–Crippen LogP) is 4.49. The van der Waals surface area contributed by atoms with Crippen molar-refractivity contribution in [2.24, 2.45) is 0 Å². The molecule has 2 aromatic carbocycles. The van der Waals surface area contributed by atoms with Crippen LogP contribution in [0.2, 0.25) is 0 Å². The third kappa shape index (κ3) is 2.56. The molecule has 0 radical (unpaired) electrons. The van der Waals surface area contributed by atoms with Gasteiger partial charge in [-0.15, -0.1) is 11.3 Å². The Kier molecular flexibility index (Phi) is 3.38. The molecular weight excluding hydrogens is 256 g/mol. The van der Waals surface area contributed by atoms with Gasteiger partial charge in [0, 0.05) is 16.3 Å². The molecule has 0 unspecified atom stereocenters. The Hall–Kier alpha value is -2.00. The van der Waals surface area contributed by atoms with E-state index in [0.717, 1.165) is 11.5 Å². The van der Waals surface area contributed by atoms with Crippen LogP contribution in [0.25, 0.3) is 10.1 Å². The quantitative estimate of drug-likeness (QED) is 0.695. The third-order valence-corrected chi connectivity index (χ3v) is 4.01. The van der Waals surface area contributed by atoms with Gasteiger partial charge in [-0.25, -0.2) is 0 Å². The summed E-state index contributed by atoms with van der Waals surface area (Å²) in [6, 6.07) is 16.1. The average molecular weight is 270 g/mol. The van der Waals surface area contributed by atoms with Crippen molar-refractivity contribution in [2.45, 2.75) is 6.61 Å². The average Bonchev–Trinajstić information content (AvgIpc) is 2.89. The molecular formula is C16H14O2S. The monoisotopic (exact) mass is 270 g/mol. The van der Waals surface area contributed by atoms with Crippen molar-refractivity contribution in [3.63, 3.8) is 0 Å². The molecule has 0 atom stereocenters. The zero-order chi connectivity index (χ0) is 13.1. The zero-order valence-corrected chi connectivity index (χ0v) is 11.4. The lowest BCUT2D eigenvalue weighted by Crippen LogP contribution is -1.94. The fourth-order valence-electron chi connectivity index (χ4n) is 2.00. The summed E-state index contributed by atoms with van der Waals surface area (Å²) in [6.45, 7) is 0.581. The van der Waals surface area contributed by atoms with Crippen molar-refractivity contribution in [1.82, 2.24) is 0 Å². The number of benzene rings is 2.